The predicted octanol–water partition coefficient (Wildman–Crippen LogP) is 1.17. The van der Waals surface area contributed by atoms with E-state index >= 15 is 0 Å². The fourth-order valence-corrected chi connectivity index (χ4v) is 1.76. The summed E-state index contributed by atoms with van der Waals surface area (Å²) in [4.78, 5) is 5.98. The van der Waals surface area contributed by atoms with Crippen molar-refractivity contribution in [1.29, 1.82) is 0 Å². The third-order valence-electron chi connectivity index (χ3n) is 2.09. The lowest BCUT2D eigenvalue weighted by Crippen LogP contribution is -2.29. The maximum Gasteiger partial charge on any atom is 0.0730 e. The molecule has 90 valence electrons. The molecule has 6 heteroatoms. The number of hydrogen-bond acceptors (Lipinski definition) is 4. The van der Waals surface area contributed by atoms with Crippen LogP contribution in [0.1, 0.15) is 5.69 Å². The first-order valence-electron chi connectivity index (χ1n) is 4.91. The number of nitrogens with zero attached hydrogens (tertiary/aromatic N) is 2. The van der Waals surface area contributed by atoms with Gasteiger partial charge >= 0.3 is 0 Å². The van der Waals surface area contributed by atoms with Gasteiger partial charge in [-0.05, 0) is 6.07 Å². The highest BCUT2D eigenvalue weighted by atomic mass is 35.5. The van der Waals surface area contributed by atoms with Crippen LogP contribution in [0.5, 0.6) is 0 Å². The second kappa shape index (κ2) is 7.04. The summed E-state index contributed by atoms with van der Waals surface area (Å²) in [6, 6.07) is 1.63. The van der Waals surface area contributed by atoms with E-state index in [9.17, 15) is 0 Å². The Kier molecular flexibility index (Phi) is 6.01. The number of hydrogen-bond donors (Lipinski definition) is 2. The average Bonchev–Trinajstić information content (AvgIpc) is 2.23. The van der Waals surface area contributed by atoms with Gasteiger partial charge in [0, 0.05) is 25.8 Å². The van der Waals surface area contributed by atoms with E-state index in [1.54, 1.807) is 6.07 Å². The van der Waals surface area contributed by atoms with Crippen molar-refractivity contribution in [1.82, 2.24) is 9.88 Å². The molecule has 0 aliphatic carbocycles. The molecule has 4 nitrogen and oxygen atoms in total. The minimum atomic E-state index is 0.0329. The third-order valence-corrected chi connectivity index (χ3v) is 2.62. The standard InChI is InChI=1S/C10H14Cl2N2O2/c11-8-5-9(12)10(13-6-8)7-14(1-3-15)2-4-16/h5-6,15-16H,1-4,7H2. The van der Waals surface area contributed by atoms with Crippen molar-refractivity contribution in [3.8, 4) is 0 Å². The number of rotatable bonds is 6. The topological polar surface area (TPSA) is 56.6 Å². The molecule has 0 aliphatic heterocycles. The molecular formula is C10H14Cl2N2O2. The molecule has 1 aromatic heterocycles. The van der Waals surface area contributed by atoms with Crippen molar-refractivity contribution in [2.24, 2.45) is 0 Å². The molecule has 0 aliphatic rings. The second-order valence-corrected chi connectivity index (χ2v) is 4.15. The van der Waals surface area contributed by atoms with E-state index in [4.69, 9.17) is 33.4 Å². The van der Waals surface area contributed by atoms with Crippen molar-refractivity contribution >= 4 is 23.2 Å². The SMILES string of the molecule is OCCN(CCO)Cc1ncc(Cl)cc1Cl. The smallest absolute Gasteiger partial charge is 0.0730 e. The Morgan fingerprint density at radius 2 is 1.81 bits per heavy atom. The predicted molar refractivity (Wildman–Crippen MR) is 63.7 cm³/mol. The number of halogens is 2. The van der Waals surface area contributed by atoms with Gasteiger partial charge in [-0.25, -0.2) is 0 Å². The summed E-state index contributed by atoms with van der Waals surface area (Å²) in [5.74, 6) is 0. The molecule has 0 saturated heterocycles. The van der Waals surface area contributed by atoms with Crippen LogP contribution in [-0.4, -0.2) is 46.4 Å². The lowest BCUT2D eigenvalue weighted by Gasteiger charge is -2.20. The Morgan fingerprint density at radius 3 is 2.31 bits per heavy atom. The molecule has 0 fully saturated rings. The van der Waals surface area contributed by atoms with Crippen LogP contribution in [0.15, 0.2) is 12.3 Å². The second-order valence-electron chi connectivity index (χ2n) is 3.31. The fourth-order valence-electron chi connectivity index (χ4n) is 1.32. The van der Waals surface area contributed by atoms with Crippen molar-refractivity contribution in [3.05, 3.63) is 28.0 Å². The molecule has 0 spiro atoms. The molecular weight excluding hydrogens is 251 g/mol. The normalized spacial score (nSPS) is 11.1. The largest absolute Gasteiger partial charge is 0.395 e. The van der Waals surface area contributed by atoms with Gasteiger partial charge < -0.3 is 10.2 Å². The molecule has 0 atom stereocenters. The van der Waals surface area contributed by atoms with Crippen LogP contribution in [0, 0.1) is 0 Å². The van der Waals surface area contributed by atoms with Gasteiger partial charge in [0.2, 0.25) is 0 Å². The summed E-state index contributed by atoms with van der Waals surface area (Å²) in [5, 5.41) is 18.7. The summed E-state index contributed by atoms with van der Waals surface area (Å²) in [5.41, 5.74) is 0.688. The summed E-state index contributed by atoms with van der Waals surface area (Å²) in [7, 11) is 0. The lowest BCUT2D eigenvalue weighted by molar-refractivity contribution is 0.154. The molecule has 0 saturated carbocycles. The first kappa shape index (κ1) is 13.7. The Bertz CT molecular complexity index is 331. The van der Waals surface area contributed by atoms with Gasteiger partial charge in [0.15, 0.2) is 0 Å². The van der Waals surface area contributed by atoms with Crippen molar-refractivity contribution in [2.75, 3.05) is 26.3 Å². The van der Waals surface area contributed by atoms with Crippen molar-refractivity contribution in [2.45, 2.75) is 6.54 Å². The number of pyridine rings is 1. The van der Waals surface area contributed by atoms with E-state index in [-0.39, 0.29) is 13.2 Å². The van der Waals surface area contributed by atoms with Gasteiger partial charge in [-0.3, -0.25) is 9.88 Å². The zero-order valence-electron chi connectivity index (χ0n) is 8.74. The Morgan fingerprint density at radius 1 is 1.19 bits per heavy atom. The van der Waals surface area contributed by atoms with Crippen LogP contribution in [0.2, 0.25) is 10.0 Å². The van der Waals surface area contributed by atoms with Gasteiger partial charge in [-0.1, -0.05) is 23.2 Å². The quantitative estimate of drug-likeness (QED) is 0.810. The minimum Gasteiger partial charge on any atom is -0.395 e. The molecule has 16 heavy (non-hydrogen) atoms. The Hall–Kier alpha value is -0.390. The molecule has 2 N–H and O–H groups in total. The van der Waals surface area contributed by atoms with Gasteiger partial charge in [-0.2, -0.15) is 0 Å². The Balaban J connectivity index is 2.68. The van der Waals surface area contributed by atoms with E-state index < -0.39 is 0 Å². The van der Waals surface area contributed by atoms with Gasteiger partial charge in [0.25, 0.3) is 0 Å². The monoisotopic (exact) mass is 264 g/mol. The van der Waals surface area contributed by atoms with E-state index in [0.29, 0.717) is 35.4 Å². The van der Waals surface area contributed by atoms with Crippen LogP contribution in [0.3, 0.4) is 0 Å². The zero-order valence-corrected chi connectivity index (χ0v) is 10.2. The molecule has 1 rings (SSSR count). The summed E-state index contributed by atoms with van der Waals surface area (Å²) in [6.45, 7) is 1.50. The molecule has 0 unspecified atom stereocenters. The maximum absolute atomic E-state index is 8.86. The number of aromatic nitrogens is 1. The lowest BCUT2D eigenvalue weighted by atomic mass is 10.3. The van der Waals surface area contributed by atoms with Crippen LogP contribution in [0.4, 0.5) is 0 Å². The number of aliphatic hydroxyl groups excluding tert-OH is 2. The molecule has 1 heterocycles. The highest BCUT2D eigenvalue weighted by Gasteiger charge is 2.09. The van der Waals surface area contributed by atoms with Crippen LogP contribution in [-0.2, 0) is 6.54 Å². The molecule has 0 radical (unpaired) electrons. The third kappa shape index (κ3) is 4.23. The van der Waals surface area contributed by atoms with E-state index in [0.717, 1.165) is 0 Å². The van der Waals surface area contributed by atoms with Crippen molar-refractivity contribution in [3.63, 3.8) is 0 Å². The summed E-state index contributed by atoms with van der Waals surface area (Å²) < 4.78 is 0. The number of aliphatic hydroxyl groups is 2. The minimum absolute atomic E-state index is 0.0329. The van der Waals surface area contributed by atoms with Gasteiger partial charge in [-0.15, -0.1) is 0 Å². The maximum atomic E-state index is 8.86. The van der Waals surface area contributed by atoms with E-state index in [1.807, 2.05) is 4.90 Å². The van der Waals surface area contributed by atoms with Gasteiger partial charge in [0.1, 0.15) is 0 Å². The highest BCUT2D eigenvalue weighted by molar-refractivity contribution is 6.34. The van der Waals surface area contributed by atoms with Gasteiger partial charge in [0.05, 0.1) is 29.0 Å². The van der Waals surface area contributed by atoms with Crippen LogP contribution in [0.25, 0.3) is 0 Å². The Labute approximate surface area is 104 Å². The summed E-state index contributed by atoms with van der Waals surface area (Å²) in [6.07, 6.45) is 1.53. The van der Waals surface area contributed by atoms with Crippen LogP contribution < -0.4 is 0 Å². The summed E-state index contributed by atoms with van der Waals surface area (Å²) >= 11 is 11.7. The highest BCUT2D eigenvalue weighted by Crippen LogP contribution is 2.19. The molecule has 0 aromatic carbocycles. The van der Waals surface area contributed by atoms with Crippen molar-refractivity contribution < 1.29 is 10.2 Å². The molecule has 1 aromatic rings. The first-order chi connectivity index (χ1) is 7.67. The first-order valence-corrected chi connectivity index (χ1v) is 5.67. The van der Waals surface area contributed by atoms with E-state index in [1.165, 1.54) is 6.20 Å². The zero-order chi connectivity index (χ0) is 12.0. The fraction of sp³-hybridized carbons (Fsp3) is 0.500. The van der Waals surface area contributed by atoms with Crippen LogP contribution >= 0.6 is 23.2 Å². The van der Waals surface area contributed by atoms with E-state index in [2.05, 4.69) is 4.98 Å². The average molecular weight is 265 g/mol. The molecule has 0 bridgehead atoms. The molecule has 0 amide bonds.